The summed E-state index contributed by atoms with van der Waals surface area (Å²) in [6.07, 6.45) is 1.75. The summed E-state index contributed by atoms with van der Waals surface area (Å²) in [4.78, 5) is 11.7. The molecule has 17 heavy (non-hydrogen) atoms. The fraction of sp³-hybridized carbons (Fsp3) is 0.462. The van der Waals surface area contributed by atoms with Crippen molar-refractivity contribution in [3.63, 3.8) is 0 Å². The lowest BCUT2D eigenvalue weighted by Gasteiger charge is -2.13. The van der Waals surface area contributed by atoms with Crippen molar-refractivity contribution in [3.05, 3.63) is 29.8 Å². The highest BCUT2D eigenvalue weighted by Gasteiger charge is 2.21. The molecule has 1 aliphatic carbocycles. The van der Waals surface area contributed by atoms with Gasteiger partial charge in [-0.05, 0) is 25.8 Å². The quantitative estimate of drug-likeness (QED) is 0.722. The summed E-state index contributed by atoms with van der Waals surface area (Å²) in [6.45, 7) is 2.02. The molecule has 0 bridgehead atoms. The number of hydrogen-bond donors (Lipinski definition) is 3. The fourth-order valence-corrected chi connectivity index (χ4v) is 1.69. The van der Waals surface area contributed by atoms with Gasteiger partial charge in [-0.2, -0.15) is 0 Å². The van der Waals surface area contributed by atoms with E-state index in [1.54, 1.807) is 13.0 Å². The molecule has 0 radical (unpaired) electrons. The van der Waals surface area contributed by atoms with Gasteiger partial charge in [0.15, 0.2) is 0 Å². The Labute approximate surface area is 101 Å². The second-order valence-electron chi connectivity index (χ2n) is 4.47. The van der Waals surface area contributed by atoms with Gasteiger partial charge in [-0.1, -0.05) is 18.2 Å². The first kappa shape index (κ1) is 12.1. The van der Waals surface area contributed by atoms with Gasteiger partial charge in [-0.3, -0.25) is 4.79 Å². The minimum absolute atomic E-state index is 0.0648. The van der Waals surface area contributed by atoms with Crippen LogP contribution < -0.4 is 10.6 Å². The smallest absolute Gasteiger partial charge is 0.238 e. The van der Waals surface area contributed by atoms with Gasteiger partial charge in [0.25, 0.3) is 0 Å². The van der Waals surface area contributed by atoms with Crippen LogP contribution in [0.25, 0.3) is 0 Å². The van der Waals surface area contributed by atoms with Gasteiger partial charge >= 0.3 is 0 Å². The predicted octanol–water partition coefficient (Wildman–Crippen LogP) is 1.43. The van der Waals surface area contributed by atoms with E-state index in [1.165, 1.54) is 0 Å². The molecule has 0 heterocycles. The Hall–Kier alpha value is -1.39. The molecule has 0 aliphatic heterocycles. The second kappa shape index (κ2) is 5.29. The molecule has 0 saturated heterocycles. The molecule has 1 saturated carbocycles. The SMILES string of the molecule is CC(O)c1ccccc1NC(=O)CNC1CC1. The topological polar surface area (TPSA) is 61.4 Å². The fourth-order valence-electron chi connectivity index (χ4n) is 1.69. The van der Waals surface area contributed by atoms with Gasteiger partial charge in [0, 0.05) is 17.3 Å². The van der Waals surface area contributed by atoms with Crippen LogP contribution in [0.1, 0.15) is 31.4 Å². The molecule has 1 fully saturated rings. The van der Waals surface area contributed by atoms with E-state index in [2.05, 4.69) is 10.6 Å². The number of aliphatic hydroxyl groups excluding tert-OH is 1. The monoisotopic (exact) mass is 234 g/mol. The average Bonchev–Trinajstić information content (AvgIpc) is 3.10. The maximum Gasteiger partial charge on any atom is 0.238 e. The highest BCUT2D eigenvalue weighted by molar-refractivity contribution is 5.93. The number of amides is 1. The standard InChI is InChI=1S/C13H18N2O2/c1-9(16)11-4-2-3-5-12(11)15-13(17)8-14-10-6-7-10/h2-5,9-10,14,16H,6-8H2,1H3,(H,15,17). The van der Waals surface area contributed by atoms with Crippen LogP contribution in [0.15, 0.2) is 24.3 Å². The maximum absolute atomic E-state index is 11.7. The van der Waals surface area contributed by atoms with Gasteiger partial charge in [0.05, 0.1) is 12.6 Å². The zero-order valence-electron chi connectivity index (χ0n) is 9.94. The van der Waals surface area contributed by atoms with E-state index < -0.39 is 6.10 Å². The van der Waals surface area contributed by atoms with Crippen LogP contribution in [-0.4, -0.2) is 23.6 Å². The molecular formula is C13H18N2O2. The minimum atomic E-state index is -0.581. The summed E-state index contributed by atoms with van der Waals surface area (Å²) >= 11 is 0. The number of anilines is 1. The highest BCUT2D eigenvalue weighted by atomic mass is 16.3. The van der Waals surface area contributed by atoms with Crippen molar-refractivity contribution in [3.8, 4) is 0 Å². The van der Waals surface area contributed by atoms with E-state index in [0.29, 0.717) is 18.3 Å². The van der Waals surface area contributed by atoms with E-state index in [-0.39, 0.29) is 5.91 Å². The Morgan fingerprint density at radius 1 is 1.47 bits per heavy atom. The molecule has 1 unspecified atom stereocenters. The molecule has 1 aliphatic rings. The van der Waals surface area contributed by atoms with E-state index in [0.717, 1.165) is 18.4 Å². The van der Waals surface area contributed by atoms with Crippen LogP contribution in [0.5, 0.6) is 0 Å². The average molecular weight is 234 g/mol. The molecule has 1 aromatic carbocycles. The van der Waals surface area contributed by atoms with Crippen molar-refractivity contribution in [2.45, 2.75) is 31.9 Å². The molecule has 4 heteroatoms. The Bertz CT molecular complexity index is 400. The third kappa shape index (κ3) is 3.54. The first-order valence-electron chi connectivity index (χ1n) is 5.97. The number of rotatable bonds is 5. The molecule has 1 amide bonds. The van der Waals surface area contributed by atoms with Crippen molar-refractivity contribution < 1.29 is 9.90 Å². The largest absolute Gasteiger partial charge is 0.389 e. The van der Waals surface area contributed by atoms with E-state index in [9.17, 15) is 9.90 Å². The zero-order chi connectivity index (χ0) is 12.3. The molecule has 0 aromatic heterocycles. The molecule has 0 spiro atoms. The Kier molecular flexibility index (Phi) is 3.76. The molecule has 4 nitrogen and oxygen atoms in total. The lowest BCUT2D eigenvalue weighted by Crippen LogP contribution is -2.29. The summed E-state index contributed by atoms with van der Waals surface area (Å²) in [5, 5.41) is 15.5. The normalized spacial score (nSPS) is 16.6. The summed E-state index contributed by atoms with van der Waals surface area (Å²) in [5.41, 5.74) is 1.43. The minimum Gasteiger partial charge on any atom is -0.389 e. The number of benzene rings is 1. The van der Waals surface area contributed by atoms with Crippen LogP contribution in [0.2, 0.25) is 0 Å². The predicted molar refractivity (Wildman–Crippen MR) is 66.7 cm³/mol. The van der Waals surface area contributed by atoms with Crippen molar-refractivity contribution in [1.29, 1.82) is 0 Å². The van der Waals surface area contributed by atoms with Crippen molar-refractivity contribution in [2.75, 3.05) is 11.9 Å². The summed E-state index contributed by atoms with van der Waals surface area (Å²) < 4.78 is 0. The molecule has 1 aromatic rings. The van der Waals surface area contributed by atoms with Gasteiger partial charge < -0.3 is 15.7 Å². The Morgan fingerprint density at radius 3 is 2.82 bits per heavy atom. The number of carbonyl (C=O) groups is 1. The number of carbonyl (C=O) groups excluding carboxylic acids is 1. The number of nitrogens with one attached hydrogen (secondary N) is 2. The van der Waals surface area contributed by atoms with Gasteiger partial charge in [0.2, 0.25) is 5.91 Å². The molecule has 92 valence electrons. The lowest BCUT2D eigenvalue weighted by molar-refractivity contribution is -0.115. The van der Waals surface area contributed by atoms with Crippen LogP contribution in [0.3, 0.4) is 0 Å². The van der Waals surface area contributed by atoms with Crippen molar-refractivity contribution in [1.82, 2.24) is 5.32 Å². The maximum atomic E-state index is 11.7. The van der Waals surface area contributed by atoms with Gasteiger partial charge in [0.1, 0.15) is 0 Å². The van der Waals surface area contributed by atoms with Crippen LogP contribution in [0.4, 0.5) is 5.69 Å². The van der Waals surface area contributed by atoms with Crippen LogP contribution >= 0.6 is 0 Å². The molecular weight excluding hydrogens is 216 g/mol. The molecule has 1 atom stereocenters. The highest BCUT2D eigenvalue weighted by Crippen LogP contribution is 2.22. The summed E-state index contributed by atoms with van der Waals surface area (Å²) in [5.74, 6) is -0.0648. The van der Waals surface area contributed by atoms with E-state index in [4.69, 9.17) is 0 Å². The van der Waals surface area contributed by atoms with E-state index in [1.807, 2.05) is 18.2 Å². The molecule has 3 N–H and O–H groups in total. The van der Waals surface area contributed by atoms with Crippen molar-refractivity contribution in [2.24, 2.45) is 0 Å². The number of hydrogen-bond acceptors (Lipinski definition) is 3. The molecule has 2 rings (SSSR count). The van der Waals surface area contributed by atoms with E-state index >= 15 is 0 Å². The van der Waals surface area contributed by atoms with Gasteiger partial charge in [-0.15, -0.1) is 0 Å². The third-order valence-electron chi connectivity index (χ3n) is 2.81. The van der Waals surface area contributed by atoms with Crippen molar-refractivity contribution >= 4 is 11.6 Å². The third-order valence-corrected chi connectivity index (χ3v) is 2.81. The second-order valence-corrected chi connectivity index (χ2v) is 4.47. The first-order chi connectivity index (χ1) is 8.16. The lowest BCUT2D eigenvalue weighted by atomic mass is 10.1. The Morgan fingerprint density at radius 2 is 2.18 bits per heavy atom. The summed E-state index contributed by atoms with van der Waals surface area (Å²) in [6, 6.07) is 7.83. The van der Waals surface area contributed by atoms with Crippen LogP contribution in [0, 0.1) is 0 Å². The van der Waals surface area contributed by atoms with Crippen LogP contribution in [-0.2, 0) is 4.79 Å². The Balaban J connectivity index is 1.94. The van der Waals surface area contributed by atoms with Gasteiger partial charge in [-0.25, -0.2) is 0 Å². The summed E-state index contributed by atoms with van der Waals surface area (Å²) in [7, 11) is 0. The first-order valence-corrected chi connectivity index (χ1v) is 5.97. The number of aliphatic hydroxyl groups is 1. The zero-order valence-corrected chi connectivity index (χ0v) is 9.94. The number of para-hydroxylation sites is 1.